The number of hydrogen-bond acceptors (Lipinski definition) is 5. The molecular formula is C23H25ClN4O. The molecule has 0 amide bonds. The summed E-state index contributed by atoms with van der Waals surface area (Å²) in [6, 6.07) is 16.1. The summed E-state index contributed by atoms with van der Waals surface area (Å²) in [5.41, 5.74) is 4.67. The number of hydrogen-bond donors (Lipinski definition) is 1. The maximum atomic E-state index is 9.80. The van der Waals surface area contributed by atoms with Crippen LogP contribution in [0.1, 0.15) is 38.2 Å². The van der Waals surface area contributed by atoms with Crippen LogP contribution in [0, 0.1) is 0 Å². The van der Waals surface area contributed by atoms with Gasteiger partial charge in [-0.05, 0) is 36.5 Å². The zero-order valence-corrected chi connectivity index (χ0v) is 17.5. The second-order valence-electron chi connectivity index (χ2n) is 7.81. The zero-order valence-electron chi connectivity index (χ0n) is 16.7. The molecule has 0 bridgehead atoms. The molecule has 150 valence electrons. The first-order valence-electron chi connectivity index (χ1n) is 10.1. The molecule has 1 aliphatic heterocycles. The topological polar surface area (TPSA) is 62.1 Å². The summed E-state index contributed by atoms with van der Waals surface area (Å²) < 4.78 is 0. The highest BCUT2D eigenvalue weighted by Gasteiger charge is 2.22. The van der Waals surface area contributed by atoms with Gasteiger partial charge in [0.2, 0.25) is 5.95 Å². The largest absolute Gasteiger partial charge is 0.393 e. The Morgan fingerprint density at radius 2 is 1.69 bits per heavy atom. The third-order valence-electron chi connectivity index (χ3n) is 5.37. The number of halogens is 1. The highest BCUT2D eigenvalue weighted by Crippen LogP contribution is 2.32. The van der Waals surface area contributed by atoms with Gasteiger partial charge in [-0.3, -0.25) is 0 Å². The van der Waals surface area contributed by atoms with Crippen LogP contribution in [0.2, 0.25) is 5.02 Å². The van der Waals surface area contributed by atoms with Gasteiger partial charge in [0, 0.05) is 29.2 Å². The van der Waals surface area contributed by atoms with Crippen molar-refractivity contribution in [2.45, 2.75) is 38.7 Å². The Kier molecular flexibility index (Phi) is 5.79. The Morgan fingerprint density at radius 3 is 2.34 bits per heavy atom. The summed E-state index contributed by atoms with van der Waals surface area (Å²) in [5, 5.41) is 19.4. The minimum absolute atomic E-state index is 0.243. The van der Waals surface area contributed by atoms with Crippen molar-refractivity contribution in [1.29, 1.82) is 0 Å². The molecule has 0 radical (unpaired) electrons. The summed E-state index contributed by atoms with van der Waals surface area (Å²) >= 11 is 6.21. The number of piperidine rings is 1. The second-order valence-corrected chi connectivity index (χ2v) is 8.25. The number of anilines is 1. The van der Waals surface area contributed by atoms with Crippen LogP contribution in [0.4, 0.5) is 5.95 Å². The van der Waals surface area contributed by atoms with E-state index in [9.17, 15) is 5.11 Å². The van der Waals surface area contributed by atoms with E-state index in [4.69, 9.17) is 16.6 Å². The molecule has 1 N–H and O–H groups in total. The van der Waals surface area contributed by atoms with Crippen LogP contribution >= 0.6 is 11.6 Å². The normalized spacial score (nSPS) is 15.1. The first-order valence-corrected chi connectivity index (χ1v) is 10.4. The molecule has 1 aliphatic rings. The van der Waals surface area contributed by atoms with Crippen LogP contribution in [-0.2, 0) is 0 Å². The van der Waals surface area contributed by atoms with Crippen molar-refractivity contribution in [3.05, 3.63) is 59.1 Å². The Bertz CT molecular complexity index is 982. The third-order valence-corrected chi connectivity index (χ3v) is 5.61. The molecule has 0 atom stereocenters. The van der Waals surface area contributed by atoms with Gasteiger partial charge < -0.3 is 10.0 Å². The first-order chi connectivity index (χ1) is 14.0. The highest BCUT2D eigenvalue weighted by molar-refractivity contribution is 6.30. The Labute approximate surface area is 176 Å². The third kappa shape index (κ3) is 4.41. The van der Waals surface area contributed by atoms with Crippen molar-refractivity contribution in [2.24, 2.45) is 0 Å². The summed E-state index contributed by atoms with van der Waals surface area (Å²) in [4.78, 5) is 6.99. The Morgan fingerprint density at radius 1 is 0.966 bits per heavy atom. The van der Waals surface area contributed by atoms with Crippen LogP contribution in [0.5, 0.6) is 0 Å². The molecule has 1 saturated heterocycles. The van der Waals surface area contributed by atoms with Crippen LogP contribution < -0.4 is 4.90 Å². The molecule has 5 nitrogen and oxygen atoms in total. The van der Waals surface area contributed by atoms with Gasteiger partial charge in [-0.15, -0.1) is 10.2 Å². The van der Waals surface area contributed by atoms with Gasteiger partial charge >= 0.3 is 0 Å². The van der Waals surface area contributed by atoms with E-state index in [1.165, 1.54) is 5.56 Å². The van der Waals surface area contributed by atoms with Crippen molar-refractivity contribution >= 4 is 17.5 Å². The number of aliphatic hydroxyl groups excluding tert-OH is 1. The quantitative estimate of drug-likeness (QED) is 0.662. The molecule has 6 heteroatoms. The molecule has 4 rings (SSSR count). The van der Waals surface area contributed by atoms with Gasteiger partial charge in [0.15, 0.2) is 0 Å². The average molecular weight is 409 g/mol. The molecule has 0 aliphatic carbocycles. The molecule has 0 spiro atoms. The van der Waals surface area contributed by atoms with Crippen molar-refractivity contribution in [2.75, 3.05) is 18.0 Å². The molecule has 3 aromatic rings. The number of aromatic nitrogens is 3. The predicted molar refractivity (Wildman–Crippen MR) is 117 cm³/mol. The molecule has 2 aromatic carbocycles. The SMILES string of the molecule is CC(C)c1ccc(-c2nc(N3CCC(O)CC3)nnc2-c2cccc(Cl)c2)cc1. The lowest BCUT2D eigenvalue weighted by atomic mass is 9.99. The minimum Gasteiger partial charge on any atom is -0.393 e. The average Bonchev–Trinajstić information content (AvgIpc) is 2.74. The van der Waals surface area contributed by atoms with E-state index >= 15 is 0 Å². The maximum absolute atomic E-state index is 9.80. The maximum Gasteiger partial charge on any atom is 0.245 e. The van der Waals surface area contributed by atoms with Gasteiger partial charge in [0.05, 0.1) is 6.10 Å². The van der Waals surface area contributed by atoms with E-state index in [0.717, 1.165) is 42.8 Å². The number of benzene rings is 2. The summed E-state index contributed by atoms with van der Waals surface area (Å²) in [6.07, 6.45) is 1.20. The predicted octanol–water partition coefficient (Wildman–Crippen LogP) is 4.94. The standard InChI is InChI=1S/C23H25ClN4O/c1-15(2)16-6-8-17(9-7-16)21-22(18-4-3-5-19(24)14-18)26-27-23(25-21)28-12-10-20(29)11-13-28/h3-9,14-15,20,29H,10-13H2,1-2H3. The van der Waals surface area contributed by atoms with Gasteiger partial charge in [0.25, 0.3) is 0 Å². The van der Waals surface area contributed by atoms with Crippen molar-refractivity contribution in [3.63, 3.8) is 0 Å². The fourth-order valence-corrected chi connectivity index (χ4v) is 3.76. The van der Waals surface area contributed by atoms with E-state index in [1.54, 1.807) is 0 Å². The van der Waals surface area contributed by atoms with E-state index in [2.05, 4.69) is 53.2 Å². The van der Waals surface area contributed by atoms with Crippen LogP contribution in [-0.4, -0.2) is 39.5 Å². The Hall–Kier alpha value is -2.50. The molecule has 1 fully saturated rings. The van der Waals surface area contributed by atoms with E-state index in [-0.39, 0.29) is 6.10 Å². The minimum atomic E-state index is -0.243. The molecule has 2 heterocycles. The lowest BCUT2D eigenvalue weighted by molar-refractivity contribution is 0.145. The Balaban J connectivity index is 1.78. The number of nitrogens with zero attached hydrogens (tertiary/aromatic N) is 4. The zero-order chi connectivity index (χ0) is 20.4. The van der Waals surface area contributed by atoms with Gasteiger partial charge in [-0.2, -0.15) is 0 Å². The number of aliphatic hydroxyl groups is 1. The van der Waals surface area contributed by atoms with Crippen molar-refractivity contribution in [3.8, 4) is 22.5 Å². The highest BCUT2D eigenvalue weighted by atomic mass is 35.5. The van der Waals surface area contributed by atoms with E-state index in [0.29, 0.717) is 22.6 Å². The van der Waals surface area contributed by atoms with Crippen molar-refractivity contribution < 1.29 is 5.11 Å². The summed E-state index contributed by atoms with van der Waals surface area (Å²) in [7, 11) is 0. The fourth-order valence-electron chi connectivity index (χ4n) is 3.57. The van der Waals surface area contributed by atoms with Crippen LogP contribution in [0.15, 0.2) is 48.5 Å². The van der Waals surface area contributed by atoms with Gasteiger partial charge in [-0.1, -0.05) is 61.8 Å². The first kappa shape index (κ1) is 19.8. The molecule has 0 saturated carbocycles. The van der Waals surface area contributed by atoms with Gasteiger partial charge in [-0.25, -0.2) is 4.98 Å². The molecular weight excluding hydrogens is 384 g/mol. The lowest BCUT2D eigenvalue weighted by Gasteiger charge is -2.29. The smallest absolute Gasteiger partial charge is 0.245 e. The van der Waals surface area contributed by atoms with E-state index < -0.39 is 0 Å². The molecule has 0 unspecified atom stereocenters. The summed E-state index contributed by atoms with van der Waals surface area (Å²) in [6.45, 7) is 5.82. The van der Waals surface area contributed by atoms with E-state index in [1.807, 2.05) is 24.3 Å². The van der Waals surface area contributed by atoms with Crippen LogP contribution in [0.3, 0.4) is 0 Å². The molecule has 1 aromatic heterocycles. The van der Waals surface area contributed by atoms with Gasteiger partial charge in [0.1, 0.15) is 11.4 Å². The lowest BCUT2D eigenvalue weighted by Crippen LogP contribution is -2.37. The summed E-state index contributed by atoms with van der Waals surface area (Å²) in [5.74, 6) is 1.07. The second kappa shape index (κ2) is 8.47. The fraction of sp³-hybridized carbons (Fsp3) is 0.348. The van der Waals surface area contributed by atoms with Crippen molar-refractivity contribution in [1.82, 2.24) is 15.2 Å². The molecule has 29 heavy (non-hydrogen) atoms. The number of rotatable bonds is 4. The monoisotopic (exact) mass is 408 g/mol. The van der Waals surface area contributed by atoms with Crippen LogP contribution in [0.25, 0.3) is 22.5 Å².